The van der Waals surface area contributed by atoms with Crippen molar-refractivity contribution in [2.75, 3.05) is 38.0 Å². The standard InChI is InChI=1S/C22H26N4O4/c1-5-16(24-13-6-8-14(9-7-13)26(2)20(27)12-23)21-15-10-18(29-3)19(30-4)11-17(15)25-22(21)28/h6-11,21H,5,12,23H2,1-4H3,(H,25,28). The van der Waals surface area contributed by atoms with Gasteiger partial charge in [-0.05, 0) is 42.3 Å². The van der Waals surface area contributed by atoms with Crippen molar-refractivity contribution in [3.63, 3.8) is 0 Å². The van der Waals surface area contributed by atoms with Crippen LogP contribution in [-0.2, 0) is 9.59 Å². The molecule has 0 aliphatic carbocycles. The Morgan fingerprint density at radius 1 is 1.17 bits per heavy atom. The van der Waals surface area contributed by atoms with Crippen molar-refractivity contribution in [3.8, 4) is 11.5 Å². The number of benzene rings is 2. The number of nitrogens with one attached hydrogen (secondary N) is 1. The predicted octanol–water partition coefficient (Wildman–Crippen LogP) is 2.84. The molecule has 0 bridgehead atoms. The zero-order valence-corrected chi connectivity index (χ0v) is 17.6. The first kappa shape index (κ1) is 21.3. The summed E-state index contributed by atoms with van der Waals surface area (Å²) in [6.45, 7) is 1.91. The van der Waals surface area contributed by atoms with Gasteiger partial charge < -0.3 is 25.4 Å². The summed E-state index contributed by atoms with van der Waals surface area (Å²) in [6.07, 6.45) is 0.596. The Morgan fingerprint density at radius 2 is 1.80 bits per heavy atom. The average molecular weight is 410 g/mol. The lowest BCUT2D eigenvalue weighted by Gasteiger charge is -2.16. The van der Waals surface area contributed by atoms with Crippen LogP contribution in [0.2, 0.25) is 0 Å². The van der Waals surface area contributed by atoms with Gasteiger partial charge in [0.2, 0.25) is 11.8 Å². The normalized spacial score (nSPS) is 15.4. The van der Waals surface area contributed by atoms with E-state index in [2.05, 4.69) is 5.32 Å². The van der Waals surface area contributed by atoms with E-state index >= 15 is 0 Å². The molecule has 0 fully saturated rings. The van der Waals surface area contributed by atoms with Crippen molar-refractivity contribution in [2.45, 2.75) is 19.3 Å². The number of anilines is 2. The molecular weight excluding hydrogens is 384 g/mol. The van der Waals surface area contributed by atoms with Crippen LogP contribution in [0.3, 0.4) is 0 Å². The van der Waals surface area contributed by atoms with Gasteiger partial charge in [-0.15, -0.1) is 0 Å². The Hall–Kier alpha value is -3.39. The van der Waals surface area contributed by atoms with Gasteiger partial charge in [-0.2, -0.15) is 0 Å². The molecule has 1 atom stereocenters. The third-order valence-corrected chi connectivity index (χ3v) is 5.14. The minimum Gasteiger partial charge on any atom is -0.493 e. The van der Waals surface area contributed by atoms with E-state index < -0.39 is 5.92 Å². The first-order valence-electron chi connectivity index (χ1n) is 9.64. The Kier molecular flexibility index (Phi) is 6.37. The number of amides is 2. The second kappa shape index (κ2) is 8.96. The molecule has 1 heterocycles. The second-order valence-electron chi connectivity index (χ2n) is 6.85. The molecular formula is C22H26N4O4. The van der Waals surface area contributed by atoms with Crippen LogP contribution >= 0.6 is 0 Å². The second-order valence-corrected chi connectivity index (χ2v) is 6.85. The number of nitrogens with zero attached hydrogens (tertiary/aromatic N) is 2. The van der Waals surface area contributed by atoms with Crippen LogP contribution in [0.5, 0.6) is 11.5 Å². The highest BCUT2D eigenvalue weighted by atomic mass is 16.5. The molecule has 1 aliphatic heterocycles. The van der Waals surface area contributed by atoms with Gasteiger partial charge in [0.05, 0.1) is 26.5 Å². The molecule has 158 valence electrons. The van der Waals surface area contributed by atoms with Gasteiger partial charge in [-0.1, -0.05) is 6.92 Å². The van der Waals surface area contributed by atoms with Crippen LogP contribution in [0, 0.1) is 0 Å². The van der Waals surface area contributed by atoms with Gasteiger partial charge in [-0.25, -0.2) is 0 Å². The first-order valence-corrected chi connectivity index (χ1v) is 9.64. The topological polar surface area (TPSA) is 106 Å². The minimum atomic E-state index is -0.508. The van der Waals surface area contributed by atoms with E-state index in [1.165, 1.54) is 4.90 Å². The van der Waals surface area contributed by atoms with Crippen molar-refractivity contribution >= 4 is 34.6 Å². The third kappa shape index (κ3) is 3.99. The molecule has 0 radical (unpaired) electrons. The van der Waals surface area contributed by atoms with Crippen molar-refractivity contribution < 1.29 is 19.1 Å². The van der Waals surface area contributed by atoms with Crippen LogP contribution in [0.1, 0.15) is 24.8 Å². The van der Waals surface area contributed by atoms with E-state index in [0.29, 0.717) is 29.3 Å². The van der Waals surface area contributed by atoms with Crippen LogP contribution in [-0.4, -0.2) is 45.3 Å². The number of likely N-dealkylation sites (N-methyl/N-ethyl adjacent to an activating group) is 1. The van der Waals surface area contributed by atoms with Gasteiger partial charge in [0, 0.05) is 30.2 Å². The molecule has 2 amide bonds. The zero-order valence-electron chi connectivity index (χ0n) is 17.6. The number of nitrogens with two attached hydrogens (primary N) is 1. The molecule has 0 saturated carbocycles. The van der Waals surface area contributed by atoms with Crippen LogP contribution < -0.4 is 25.4 Å². The summed E-state index contributed by atoms with van der Waals surface area (Å²) in [5.41, 5.74) is 9.08. The maximum atomic E-state index is 12.7. The predicted molar refractivity (Wildman–Crippen MR) is 117 cm³/mol. The summed E-state index contributed by atoms with van der Waals surface area (Å²) in [4.78, 5) is 30.7. The third-order valence-electron chi connectivity index (χ3n) is 5.14. The van der Waals surface area contributed by atoms with E-state index in [1.807, 2.05) is 25.1 Å². The number of carbonyl (C=O) groups is 2. The largest absolute Gasteiger partial charge is 0.493 e. The quantitative estimate of drug-likeness (QED) is 0.683. The maximum absolute atomic E-state index is 12.7. The number of carbonyl (C=O) groups excluding carboxylic acids is 2. The maximum Gasteiger partial charge on any atom is 0.240 e. The molecule has 2 aromatic carbocycles. The number of fused-ring (bicyclic) bond motifs is 1. The van der Waals surface area contributed by atoms with Crippen LogP contribution in [0.4, 0.5) is 17.1 Å². The number of methoxy groups -OCH3 is 2. The molecule has 8 nitrogen and oxygen atoms in total. The highest BCUT2D eigenvalue weighted by Gasteiger charge is 2.35. The van der Waals surface area contributed by atoms with Crippen molar-refractivity contribution in [2.24, 2.45) is 10.7 Å². The summed E-state index contributed by atoms with van der Waals surface area (Å²) < 4.78 is 10.7. The highest BCUT2D eigenvalue weighted by molar-refractivity contribution is 6.19. The molecule has 1 aliphatic rings. The van der Waals surface area contributed by atoms with E-state index in [9.17, 15) is 9.59 Å². The summed E-state index contributed by atoms with van der Waals surface area (Å²) in [6, 6.07) is 10.8. The van der Waals surface area contributed by atoms with Crippen LogP contribution in [0.15, 0.2) is 41.4 Å². The summed E-state index contributed by atoms with van der Waals surface area (Å²) in [5, 5.41) is 2.91. The van der Waals surface area contributed by atoms with Crippen molar-refractivity contribution in [1.82, 2.24) is 0 Å². The monoisotopic (exact) mass is 410 g/mol. The zero-order chi connectivity index (χ0) is 21.8. The number of hydrogen-bond acceptors (Lipinski definition) is 6. The first-order chi connectivity index (χ1) is 14.4. The summed E-state index contributed by atoms with van der Waals surface area (Å²) in [7, 11) is 4.79. The Bertz CT molecular complexity index is 985. The van der Waals surface area contributed by atoms with E-state index in [1.54, 1.807) is 39.5 Å². The fourth-order valence-electron chi connectivity index (χ4n) is 3.46. The Labute approximate surface area is 175 Å². The molecule has 30 heavy (non-hydrogen) atoms. The molecule has 1 unspecified atom stereocenters. The van der Waals surface area contributed by atoms with Gasteiger partial charge in [0.25, 0.3) is 0 Å². The molecule has 3 N–H and O–H groups in total. The van der Waals surface area contributed by atoms with Gasteiger partial charge in [0.1, 0.15) is 5.92 Å². The number of aliphatic imine (C=N–C) groups is 1. The highest BCUT2D eigenvalue weighted by Crippen LogP contribution is 2.42. The van der Waals surface area contributed by atoms with E-state index in [-0.39, 0.29) is 18.4 Å². The number of rotatable bonds is 7. The van der Waals surface area contributed by atoms with Gasteiger partial charge in [-0.3, -0.25) is 14.6 Å². The van der Waals surface area contributed by atoms with E-state index in [4.69, 9.17) is 20.2 Å². The Morgan fingerprint density at radius 3 is 2.37 bits per heavy atom. The Balaban J connectivity index is 1.94. The molecule has 0 aromatic heterocycles. The molecule has 3 rings (SSSR count). The fourth-order valence-corrected chi connectivity index (χ4v) is 3.46. The molecule has 0 spiro atoms. The smallest absolute Gasteiger partial charge is 0.240 e. The molecule has 2 aromatic rings. The van der Waals surface area contributed by atoms with Gasteiger partial charge in [0.15, 0.2) is 11.5 Å². The van der Waals surface area contributed by atoms with E-state index in [0.717, 1.165) is 17.0 Å². The summed E-state index contributed by atoms with van der Waals surface area (Å²) >= 11 is 0. The molecule has 0 saturated heterocycles. The number of hydrogen-bond donors (Lipinski definition) is 2. The summed E-state index contributed by atoms with van der Waals surface area (Å²) in [5.74, 6) is 0.296. The number of ether oxygens (including phenoxy) is 2. The van der Waals surface area contributed by atoms with Crippen LogP contribution in [0.25, 0.3) is 0 Å². The van der Waals surface area contributed by atoms with Gasteiger partial charge >= 0.3 is 0 Å². The lowest BCUT2D eigenvalue weighted by atomic mass is 9.93. The fraction of sp³-hybridized carbons (Fsp3) is 0.318. The van der Waals surface area contributed by atoms with Crippen molar-refractivity contribution in [1.29, 1.82) is 0 Å². The lowest BCUT2D eigenvalue weighted by Crippen LogP contribution is -2.32. The SMILES string of the molecule is CCC(=Nc1ccc(N(C)C(=O)CN)cc1)C1C(=O)Nc2cc(OC)c(OC)cc21. The minimum absolute atomic E-state index is 0.0547. The molecule has 8 heteroatoms. The average Bonchev–Trinajstić information content (AvgIpc) is 3.10. The lowest BCUT2D eigenvalue weighted by molar-refractivity contribution is -0.117. The van der Waals surface area contributed by atoms with Crippen molar-refractivity contribution in [3.05, 3.63) is 42.0 Å².